The van der Waals surface area contributed by atoms with Crippen molar-refractivity contribution in [2.24, 2.45) is 5.41 Å². The summed E-state index contributed by atoms with van der Waals surface area (Å²) < 4.78 is 0. The second kappa shape index (κ2) is 4.87. The van der Waals surface area contributed by atoms with Crippen LogP contribution in [0.3, 0.4) is 0 Å². The molecule has 0 spiro atoms. The molecule has 3 heteroatoms. The second-order valence-corrected chi connectivity index (χ2v) is 6.33. The number of aromatic nitrogens is 2. The third-order valence-corrected chi connectivity index (χ3v) is 4.35. The van der Waals surface area contributed by atoms with Gasteiger partial charge >= 0.3 is 0 Å². The predicted octanol–water partition coefficient (Wildman–Crippen LogP) is 3.82. The van der Waals surface area contributed by atoms with Crippen LogP contribution in [0.15, 0.2) is 0 Å². The van der Waals surface area contributed by atoms with Crippen LogP contribution in [0.4, 0.5) is 5.82 Å². The minimum absolute atomic E-state index is 0.502. The van der Waals surface area contributed by atoms with E-state index in [9.17, 15) is 0 Å². The highest BCUT2D eigenvalue weighted by atomic mass is 15.0. The van der Waals surface area contributed by atoms with Crippen molar-refractivity contribution in [1.82, 2.24) is 9.97 Å². The summed E-state index contributed by atoms with van der Waals surface area (Å²) in [5, 5.41) is 3.18. The van der Waals surface area contributed by atoms with Crippen LogP contribution in [0, 0.1) is 19.3 Å². The van der Waals surface area contributed by atoms with Crippen LogP contribution in [0.1, 0.15) is 62.5 Å². The number of nitrogens with one attached hydrogen (secondary N) is 1. The van der Waals surface area contributed by atoms with E-state index in [0.29, 0.717) is 11.3 Å². The van der Waals surface area contributed by atoms with Gasteiger partial charge < -0.3 is 5.32 Å². The summed E-state index contributed by atoms with van der Waals surface area (Å²) in [5.74, 6) is 2.57. The summed E-state index contributed by atoms with van der Waals surface area (Å²) in [7, 11) is 1.93. The highest BCUT2D eigenvalue weighted by Gasteiger charge is 2.29. The van der Waals surface area contributed by atoms with E-state index in [-0.39, 0.29) is 0 Å². The first kappa shape index (κ1) is 13.3. The molecule has 1 aromatic heterocycles. The molecule has 100 valence electrons. The normalized spacial score (nSPS) is 19.8. The minimum atomic E-state index is 0.502. The standard InChI is InChI=1S/C15H25N3/c1-10-11(2)17-14(18-13(10)16-5)12-6-8-15(3,4)9-7-12/h12H,6-9H2,1-5H3,(H,16,17,18). The van der Waals surface area contributed by atoms with Gasteiger partial charge in [0.05, 0.1) is 0 Å². The molecule has 1 aliphatic carbocycles. The quantitative estimate of drug-likeness (QED) is 0.863. The Balaban J connectivity index is 2.22. The van der Waals surface area contributed by atoms with E-state index in [1.165, 1.54) is 25.7 Å². The lowest BCUT2D eigenvalue weighted by molar-refractivity contribution is 0.220. The van der Waals surface area contributed by atoms with Gasteiger partial charge in [-0.05, 0) is 44.9 Å². The average Bonchev–Trinajstić information content (AvgIpc) is 2.32. The lowest BCUT2D eigenvalue weighted by Gasteiger charge is -2.33. The van der Waals surface area contributed by atoms with Crippen LogP contribution in [0.25, 0.3) is 0 Å². The number of rotatable bonds is 2. The first-order valence-electron chi connectivity index (χ1n) is 6.96. The number of hydrogen-bond acceptors (Lipinski definition) is 3. The molecule has 0 aliphatic heterocycles. The molecule has 3 nitrogen and oxygen atoms in total. The molecule has 1 N–H and O–H groups in total. The second-order valence-electron chi connectivity index (χ2n) is 6.33. The van der Waals surface area contributed by atoms with Gasteiger partial charge in [0.25, 0.3) is 0 Å². The molecule has 1 aromatic rings. The highest BCUT2D eigenvalue weighted by Crippen LogP contribution is 2.41. The smallest absolute Gasteiger partial charge is 0.134 e. The Labute approximate surface area is 110 Å². The fourth-order valence-electron chi connectivity index (χ4n) is 2.73. The monoisotopic (exact) mass is 247 g/mol. The van der Waals surface area contributed by atoms with Gasteiger partial charge in [0.15, 0.2) is 0 Å². The van der Waals surface area contributed by atoms with Crippen molar-refractivity contribution in [3.8, 4) is 0 Å². The van der Waals surface area contributed by atoms with Crippen molar-refractivity contribution < 1.29 is 0 Å². The van der Waals surface area contributed by atoms with Crippen LogP contribution < -0.4 is 5.32 Å². The molecule has 0 aromatic carbocycles. The SMILES string of the molecule is CNc1nc(C2CCC(C)(C)CC2)nc(C)c1C. The molecular weight excluding hydrogens is 222 g/mol. The van der Waals surface area contributed by atoms with E-state index in [2.05, 4.69) is 33.0 Å². The van der Waals surface area contributed by atoms with Gasteiger partial charge in [-0.15, -0.1) is 0 Å². The molecule has 0 radical (unpaired) electrons. The van der Waals surface area contributed by atoms with Gasteiger partial charge in [0, 0.05) is 24.2 Å². The van der Waals surface area contributed by atoms with Crippen LogP contribution in [0.5, 0.6) is 0 Å². The highest BCUT2D eigenvalue weighted by molar-refractivity contribution is 5.45. The minimum Gasteiger partial charge on any atom is -0.373 e. The van der Waals surface area contributed by atoms with Crippen molar-refractivity contribution in [3.63, 3.8) is 0 Å². The average molecular weight is 247 g/mol. The van der Waals surface area contributed by atoms with E-state index in [1.54, 1.807) is 0 Å². The van der Waals surface area contributed by atoms with E-state index >= 15 is 0 Å². The summed E-state index contributed by atoms with van der Waals surface area (Å²) in [6.45, 7) is 8.88. The van der Waals surface area contributed by atoms with Gasteiger partial charge in [-0.25, -0.2) is 9.97 Å². The van der Waals surface area contributed by atoms with E-state index in [4.69, 9.17) is 9.97 Å². The van der Waals surface area contributed by atoms with Gasteiger partial charge in [0.1, 0.15) is 11.6 Å². The maximum atomic E-state index is 4.70. The summed E-state index contributed by atoms with van der Waals surface area (Å²) >= 11 is 0. The molecule has 1 aliphatic rings. The van der Waals surface area contributed by atoms with Crippen molar-refractivity contribution in [2.75, 3.05) is 12.4 Å². The van der Waals surface area contributed by atoms with E-state index in [1.807, 2.05) is 7.05 Å². The van der Waals surface area contributed by atoms with Crippen LogP contribution >= 0.6 is 0 Å². The summed E-state index contributed by atoms with van der Waals surface area (Å²) in [6, 6.07) is 0. The lowest BCUT2D eigenvalue weighted by atomic mass is 9.73. The first-order chi connectivity index (χ1) is 8.43. The van der Waals surface area contributed by atoms with Crippen LogP contribution in [0.2, 0.25) is 0 Å². The molecule has 0 saturated heterocycles. The maximum absolute atomic E-state index is 4.70. The van der Waals surface area contributed by atoms with E-state index < -0.39 is 0 Å². The molecule has 1 saturated carbocycles. The summed E-state index contributed by atoms with van der Waals surface area (Å²) in [4.78, 5) is 9.40. The fourth-order valence-corrected chi connectivity index (χ4v) is 2.73. The largest absolute Gasteiger partial charge is 0.373 e. The number of anilines is 1. The Morgan fingerprint density at radius 3 is 2.28 bits per heavy atom. The van der Waals surface area contributed by atoms with Crippen LogP contribution in [-0.4, -0.2) is 17.0 Å². The summed E-state index contributed by atoms with van der Waals surface area (Å²) in [5.41, 5.74) is 2.77. The lowest BCUT2D eigenvalue weighted by Crippen LogP contribution is -2.22. The predicted molar refractivity (Wildman–Crippen MR) is 76.0 cm³/mol. The number of hydrogen-bond donors (Lipinski definition) is 1. The third-order valence-electron chi connectivity index (χ3n) is 4.35. The molecule has 0 atom stereocenters. The van der Waals surface area contributed by atoms with Crippen molar-refractivity contribution in [3.05, 3.63) is 17.1 Å². The zero-order chi connectivity index (χ0) is 13.3. The molecule has 2 rings (SSSR count). The Bertz CT molecular complexity index is 428. The fraction of sp³-hybridized carbons (Fsp3) is 0.733. The Hall–Kier alpha value is -1.12. The number of aryl methyl sites for hydroxylation is 1. The van der Waals surface area contributed by atoms with Crippen molar-refractivity contribution >= 4 is 5.82 Å². The Morgan fingerprint density at radius 1 is 1.11 bits per heavy atom. The third kappa shape index (κ3) is 2.65. The molecule has 1 fully saturated rings. The number of nitrogens with zero attached hydrogens (tertiary/aromatic N) is 2. The van der Waals surface area contributed by atoms with Crippen molar-refractivity contribution in [1.29, 1.82) is 0 Å². The van der Waals surface area contributed by atoms with Gasteiger partial charge in [-0.2, -0.15) is 0 Å². The van der Waals surface area contributed by atoms with Gasteiger partial charge in [0.2, 0.25) is 0 Å². The Morgan fingerprint density at radius 2 is 1.72 bits per heavy atom. The zero-order valence-corrected chi connectivity index (χ0v) is 12.3. The first-order valence-corrected chi connectivity index (χ1v) is 6.96. The molecule has 0 bridgehead atoms. The molecular formula is C15H25N3. The topological polar surface area (TPSA) is 37.8 Å². The molecule has 1 heterocycles. The maximum Gasteiger partial charge on any atom is 0.134 e. The molecule has 0 unspecified atom stereocenters. The van der Waals surface area contributed by atoms with Gasteiger partial charge in [-0.3, -0.25) is 0 Å². The van der Waals surface area contributed by atoms with Crippen molar-refractivity contribution in [2.45, 2.75) is 59.3 Å². The van der Waals surface area contributed by atoms with Crippen LogP contribution in [-0.2, 0) is 0 Å². The Kier molecular flexibility index (Phi) is 3.60. The zero-order valence-electron chi connectivity index (χ0n) is 12.3. The van der Waals surface area contributed by atoms with Gasteiger partial charge in [-0.1, -0.05) is 13.8 Å². The molecule has 18 heavy (non-hydrogen) atoms. The van der Waals surface area contributed by atoms with E-state index in [0.717, 1.165) is 22.9 Å². The summed E-state index contributed by atoms with van der Waals surface area (Å²) in [6.07, 6.45) is 5.00. The molecule has 0 amide bonds.